The lowest BCUT2D eigenvalue weighted by molar-refractivity contribution is -0.118. The summed E-state index contributed by atoms with van der Waals surface area (Å²) in [6, 6.07) is 19.3. The molecule has 1 N–H and O–H groups in total. The van der Waals surface area contributed by atoms with E-state index in [1.54, 1.807) is 24.3 Å². The zero-order valence-corrected chi connectivity index (χ0v) is 21.4. The number of amides is 1. The summed E-state index contributed by atoms with van der Waals surface area (Å²) in [6.45, 7) is -0.0511. The number of hydrazone groups is 1. The lowest BCUT2D eigenvalue weighted by Crippen LogP contribution is -2.19. The molecule has 1 amide bonds. The first-order chi connectivity index (χ1) is 17.5. The maximum Gasteiger partial charge on any atom is 0.250 e. The van der Waals surface area contributed by atoms with Crippen LogP contribution in [0.3, 0.4) is 0 Å². The number of thioether (sulfide) groups is 1. The van der Waals surface area contributed by atoms with Crippen molar-refractivity contribution in [3.63, 3.8) is 0 Å². The number of hydrogen-bond acceptors (Lipinski definition) is 8. The van der Waals surface area contributed by atoms with Gasteiger partial charge in [-0.25, -0.2) is 9.82 Å². The zero-order valence-electron chi connectivity index (χ0n) is 19.0. The summed E-state index contributed by atoms with van der Waals surface area (Å²) in [6.07, 6.45) is 1.49. The Bertz CT molecular complexity index is 1350. The number of carbonyl (C=O) groups is 1. The molecule has 184 valence electrons. The van der Waals surface area contributed by atoms with Crippen LogP contribution in [0.25, 0.3) is 10.6 Å². The van der Waals surface area contributed by atoms with Crippen LogP contribution in [-0.4, -0.2) is 35.2 Å². The predicted octanol–water partition coefficient (Wildman–Crippen LogP) is 5.83. The fourth-order valence-corrected chi connectivity index (χ4v) is 4.87. The second kappa shape index (κ2) is 12.5. The number of benzene rings is 3. The Labute approximate surface area is 220 Å². The van der Waals surface area contributed by atoms with E-state index in [0.717, 1.165) is 10.6 Å². The minimum Gasteiger partial charge on any atom is -0.493 e. The SMILES string of the molecule is COc1cc(C=NNC(=O)CSc2nnc(-c3ccccc3)s2)ccc1OCc1c(F)cccc1Cl. The van der Waals surface area contributed by atoms with Crippen LogP contribution in [-0.2, 0) is 11.4 Å². The van der Waals surface area contributed by atoms with Gasteiger partial charge in [0.25, 0.3) is 5.91 Å². The number of aromatic nitrogens is 2. The summed E-state index contributed by atoms with van der Waals surface area (Å²) in [5, 5.41) is 13.4. The van der Waals surface area contributed by atoms with Gasteiger partial charge in [-0.1, -0.05) is 71.1 Å². The molecule has 0 radical (unpaired) electrons. The lowest BCUT2D eigenvalue weighted by atomic mass is 10.2. The summed E-state index contributed by atoms with van der Waals surface area (Å²) in [5.41, 5.74) is 4.41. The van der Waals surface area contributed by atoms with Crippen LogP contribution in [0.2, 0.25) is 5.02 Å². The zero-order chi connectivity index (χ0) is 25.3. The first-order valence-corrected chi connectivity index (χ1v) is 12.8. The van der Waals surface area contributed by atoms with Gasteiger partial charge in [0.15, 0.2) is 15.8 Å². The molecule has 0 spiro atoms. The topological polar surface area (TPSA) is 85.7 Å². The van der Waals surface area contributed by atoms with Crippen molar-refractivity contribution in [3.8, 4) is 22.1 Å². The molecule has 3 aromatic carbocycles. The summed E-state index contributed by atoms with van der Waals surface area (Å²) < 4.78 is 25.7. The number of rotatable bonds is 10. The van der Waals surface area contributed by atoms with Crippen molar-refractivity contribution in [1.82, 2.24) is 15.6 Å². The van der Waals surface area contributed by atoms with Crippen LogP contribution >= 0.6 is 34.7 Å². The first-order valence-electron chi connectivity index (χ1n) is 10.6. The smallest absolute Gasteiger partial charge is 0.250 e. The number of hydrogen-bond donors (Lipinski definition) is 1. The maximum atomic E-state index is 14.0. The molecule has 7 nitrogen and oxygen atoms in total. The lowest BCUT2D eigenvalue weighted by Gasteiger charge is -2.12. The van der Waals surface area contributed by atoms with Crippen molar-refractivity contribution in [2.75, 3.05) is 12.9 Å². The molecular weight excluding hydrogens is 523 g/mol. The highest BCUT2D eigenvalue weighted by Crippen LogP contribution is 2.30. The van der Waals surface area contributed by atoms with Gasteiger partial charge in [-0.05, 0) is 35.9 Å². The average Bonchev–Trinajstić information content (AvgIpc) is 3.37. The fourth-order valence-electron chi connectivity index (χ4n) is 3.01. The van der Waals surface area contributed by atoms with E-state index in [4.69, 9.17) is 21.1 Å². The average molecular weight is 543 g/mol. The van der Waals surface area contributed by atoms with Crippen LogP contribution in [0, 0.1) is 5.82 Å². The van der Waals surface area contributed by atoms with Crippen molar-refractivity contribution in [1.29, 1.82) is 0 Å². The molecule has 36 heavy (non-hydrogen) atoms. The normalized spacial score (nSPS) is 11.0. The van der Waals surface area contributed by atoms with E-state index in [0.29, 0.717) is 21.4 Å². The van der Waals surface area contributed by atoms with E-state index in [9.17, 15) is 9.18 Å². The number of nitrogens with one attached hydrogen (secondary N) is 1. The van der Waals surface area contributed by atoms with Crippen LogP contribution in [0.4, 0.5) is 4.39 Å². The third-order valence-electron chi connectivity index (χ3n) is 4.78. The van der Waals surface area contributed by atoms with E-state index in [2.05, 4.69) is 20.7 Å². The molecular formula is C25H20ClFN4O3S2. The summed E-state index contributed by atoms with van der Waals surface area (Å²) in [4.78, 5) is 12.2. The van der Waals surface area contributed by atoms with E-state index < -0.39 is 5.82 Å². The monoisotopic (exact) mass is 542 g/mol. The number of halogens is 2. The van der Waals surface area contributed by atoms with Crippen LogP contribution < -0.4 is 14.9 Å². The standard InChI is InChI=1S/C25H20ClFN4O3S2/c1-33-22-12-16(10-11-21(22)34-14-18-19(26)8-5-9-20(18)27)13-28-29-23(32)15-35-25-31-30-24(36-25)17-6-3-2-4-7-17/h2-13H,14-15H2,1H3,(H,29,32). The van der Waals surface area contributed by atoms with Gasteiger partial charge >= 0.3 is 0 Å². The van der Waals surface area contributed by atoms with Crippen LogP contribution in [0.1, 0.15) is 11.1 Å². The molecule has 4 rings (SSSR count). The third-order valence-corrected chi connectivity index (χ3v) is 7.24. The van der Waals surface area contributed by atoms with Crippen molar-refractivity contribution in [2.45, 2.75) is 10.9 Å². The van der Waals surface area contributed by atoms with Gasteiger partial charge in [0, 0.05) is 11.1 Å². The largest absolute Gasteiger partial charge is 0.493 e. The van der Waals surface area contributed by atoms with E-state index in [-0.39, 0.29) is 28.9 Å². The van der Waals surface area contributed by atoms with Crippen molar-refractivity contribution < 1.29 is 18.7 Å². The van der Waals surface area contributed by atoms with Crippen molar-refractivity contribution in [3.05, 3.63) is 88.7 Å². The van der Waals surface area contributed by atoms with Crippen molar-refractivity contribution >= 4 is 46.8 Å². The Morgan fingerprint density at radius 1 is 1.14 bits per heavy atom. The molecule has 4 aromatic rings. The maximum absolute atomic E-state index is 14.0. The molecule has 0 atom stereocenters. The van der Waals surface area contributed by atoms with Gasteiger partial charge in [0.2, 0.25) is 0 Å². The van der Waals surface area contributed by atoms with Crippen LogP contribution in [0.15, 0.2) is 76.2 Å². The second-order valence-electron chi connectivity index (χ2n) is 7.22. The molecule has 0 aliphatic heterocycles. The Morgan fingerprint density at radius 3 is 2.75 bits per heavy atom. The van der Waals surface area contributed by atoms with Gasteiger partial charge < -0.3 is 9.47 Å². The van der Waals surface area contributed by atoms with E-state index >= 15 is 0 Å². The quantitative estimate of drug-likeness (QED) is 0.154. The molecule has 11 heteroatoms. The fraction of sp³-hybridized carbons (Fsp3) is 0.120. The Morgan fingerprint density at radius 2 is 1.97 bits per heavy atom. The Balaban J connectivity index is 1.28. The molecule has 0 bridgehead atoms. The molecule has 0 unspecified atom stereocenters. The molecule has 1 aromatic heterocycles. The van der Waals surface area contributed by atoms with Gasteiger partial charge in [-0.15, -0.1) is 10.2 Å². The molecule has 1 heterocycles. The highest BCUT2D eigenvalue weighted by Gasteiger charge is 2.11. The molecule has 0 saturated carbocycles. The van der Waals surface area contributed by atoms with Crippen LogP contribution in [0.5, 0.6) is 11.5 Å². The number of ether oxygens (including phenoxy) is 2. The summed E-state index contributed by atoms with van der Waals surface area (Å²) in [7, 11) is 1.49. The minimum absolute atomic E-state index is 0.0511. The number of methoxy groups -OCH3 is 1. The van der Waals surface area contributed by atoms with Gasteiger partial charge in [-0.3, -0.25) is 4.79 Å². The number of carbonyl (C=O) groups excluding carboxylic acids is 1. The van der Waals surface area contributed by atoms with Gasteiger partial charge in [0.1, 0.15) is 17.4 Å². The molecule has 0 aliphatic carbocycles. The summed E-state index contributed by atoms with van der Waals surface area (Å²) in [5.74, 6) is 0.276. The highest BCUT2D eigenvalue weighted by molar-refractivity contribution is 8.01. The van der Waals surface area contributed by atoms with Gasteiger partial charge in [-0.2, -0.15) is 5.10 Å². The van der Waals surface area contributed by atoms with E-state index in [1.807, 2.05) is 30.3 Å². The Hall–Kier alpha value is -3.47. The van der Waals surface area contributed by atoms with E-state index in [1.165, 1.54) is 48.6 Å². The Kier molecular flexibility index (Phi) is 8.88. The molecule has 0 saturated heterocycles. The van der Waals surface area contributed by atoms with Gasteiger partial charge in [0.05, 0.1) is 24.1 Å². The second-order valence-corrected chi connectivity index (χ2v) is 9.83. The van der Waals surface area contributed by atoms with Crippen molar-refractivity contribution in [2.24, 2.45) is 5.10 Å². The highest BCUT2D eigenvalue weighted by atomic mass is 35.5. The number of nitrogens with zero attached hydrogens (tertiary/aromatic N) is 3. The third kappa shape index (κ3) is 6.81. The molecule has 0 fully saturated rings. The first kappa shape index (κ1) is 25.6. The predicted molar refractivity (Wildman–Crippen MR) is 141 cm³/mol. The summed E-state index contributed by atoms with van der Waals surface area (Å²) >= 11 is 8.77. The minimum atomic E-state index is -0.443. The molecule has 0 aliphatic rings.